The highest BCUT2D eigenvalue weighted by Gasteiger charge is 2.24. The Labute approximate surface area is 115 Å². The zero-order chi connectivity index (χ0) is 14.3. The number of benzene rings is 2. The van der Waals surface area contributed by atoms with E-state index in [1.807, 2.05) is 6.07 Å². The quantitative estimate of drug-likeness (QED) is 0.589. The highest BCUT2D eigenvalue weighted by Crippen LogP contribution is 2.32. The van der Waals surface area contributed by atoms with Crippen LogP contribution in [-0.4, -0.2) is 17.5 Å². The molecule has 0 spiro atoms. The van der Waals surface area contributed by atoms with E-state index in [1.165, 1.54) is 6.92 Å². The van der Waals surface area contributed by atoms with E-state index < -0.39 is 5.97 Å². The Morgan fingerprint density at radius 2 is 1.70 bits per heavy atom. The number of Topliss-reactive ketones (excluding diaryl/α,β-unsaturated/α-hetero) is 2. The van der Waals surface area contributed by atoms with Crippen molar-refractivity contribution in [3.8, 4) is 5.75 Å². The molecule has 0 unspecified atom stereocenters. The molecule has 2 aromatic carbocycles. The van der Waals surface area contributed by atoms with Crippen LogP contribution in [0.15, 0.2) is 30.3 Å². The topological polar surface area (TPSA) is 60.4 Å². The summed E-state index contributed by atoms with van der Waals surface area (Å²) in [6, 6.07) is 8.61. The Hall–Kier alpha value is -2.49. The number of carbonyl (C=O) groups excluding carboxylic acids is 3. The molecule has 0 aliphatic heterocycles. The van der Waals surface area contributed by atoms with Gasteiger partial charge < -0.3 is 4.74 Å². The van der Waals surface area contributed by atoms with Crippen molar-refractivity contribution in [2.24, 2.45) is 0 Å². The maximum atomic E-state index is 11.9. The molecule has 0 saturated carbocycles. The number of carbonyl (C=O) groups is 3. The molecule has 2 aromatic rings. The second-order valence-electron chi connectivity index (χ2n) is 4.82. The van der Waals surface area contributed by atoms with Crippen LogP contribution in [0.3, 0.4) is 0 Å². The van der Waals surface area contributed by atoms with Crippen LogP contribution in [0.2, 0.25) is 0 Å². The standard InChI is InChI=1S/C16H12O4/c1-9(17)20-16-4-2-3-10-7-12-13(8-11(10)16)15(19)6-5-14(12)18/h2-4,7-8H,5-6H2,1H3. The number of ether oxygens (including phenoxy) is 1. The van der Waals surface area contributed by atoms with Gasteiger partial charge in [0.1, 0.15) is 5.75 Å². The van der Waals surface area contributed by atoms with Crippen LogP contribution >= 0.6 is 0 Å². The molecule has 100 valence electrons. The van der Waals surface area contributed by atoms with Gasteiger partial charge in [-0.15, -0.1) is 0 Å². The van der Waals surface area contributed by atoms with Crippen molar-refractivity contribution in [3.05, 3.63) is 41.5 Å². The van der Waals surface area contributed by atoms with Crippen LogP contribution in [-0.2, 0) is 4.79 Å². The second kappa shape index (κ2) is 4.56. The predicted octanol–water partition coefficient (Wildman–Crippen LogP) is 2.92. The summed E-state index contributed by atoms with van der Waals surface area (Å²) < 4.78 is 5.15. The first-order chi connectivity index (χ1) is 9.56. The first-order valence-electron chi connectivity index (χ1n) is 6.38. The molecular formula is C16H12O4. The predicted molar refractivity (Wildman–Crippen MR) is 73.2 cm³/mol. The lowest BCUT2D eigenvalue weighted by atomic mass is 9.87. The van der Waals surface area contributed by atoms with Crippen LogP contribution < -0.4 is 4.74 Å². The molecule has 4 nitrogen and oxygen atoms in total. The van der Waals surface area contributed by atoms with Crippen LogP contribution in [0.1, 0.15) is 40.5 Å². The lowest BCUT2D eigenvalue weighted by Gasteiger charge is -2.15. The summed E-state index contributed by atoms with van der Waals surface area (Å²) in [7, 11) is 0. The lowest BCUT2D eigenvalue weighted by molar-refractivity contribution is -0.131. The fraction of sp³-hybridized carbons (Fsp3) is 0.188. The zero-order valence-electron chi connectivity index (χ0n) is 10.9. The van der Waals surface area contributed by atoms with E-state index in [1.54, 1.807) is 24.3 Å². The van der Waals surface area contributed by atoms with Crippen molar-refractivity contribution in [2.45, 2.75) is 19.8 Å². The van der Waals surface area contributed by atoms with Gasteiger partial charge in [-0.05, 0) is 23.6 Å². The summed E-state index contributed by atoms with van der Waals surface area (Å²) in [5.41, 5.74) is 0.891. The summed E-state index contributed by atoms with van der Waals surface area (Å²) >= 11 is 0. The molecule has 3 rings (SSSR count). The maximum absolute atomic E-state index is 11.9. The first-order valence-corrected chi connectivity index (χ1v) is 6.38. The maximum Gasteiger partial charge on any atom is 0.308 e. The summed E-state index contributed by atoms with van der Waals surface area (Å²) in [5.74, 6) is -0.0697. The number of fused-ring (bicyclic) bond motifs is 2. The average Bonchev–Trinajstić information content (AvgIpc) is 2.41. The minimum Gasteiger partial charge on any atom is -0.426 e. The van der Waals surface area contributed by atoms with Gasteiger partial charge in [0.2, 0.25) is 0 Å². The van der Waals surface area contributed by atoms with E-state index in [0.717, 1.165) is 5.39 Å². The van der Waals surface area contributed by atoms with Crippen molar-refractivity contribution in [3.63, 3.8) is 0 Å². The SMILES string of the molecule is CC(=O)Oc1cccc2cc3c(cc12)C(=O)CCC3=O. The summed E-state index contributed by atoms with van der Waals surface area (Å²) in [6.45, 7) is 1.33. The number of esters is 1. The molecule has 4 heteroatoms. The fourth-order valence-corrected chi connectivity index (χ4v) is 2.50. The third kappa shape index (κ3) is 1.99. The van der Waals surface area contributed by atoms with E-state index in [2.05, 4.69) is 0 Å². The van der Waals surface area contributed by atoms with Gasteiger partial charge in [-0.2, -0.15) is 0 Å². The molecule has 0 aromatic heterocycles. The van der Waals surface area contributed by atoms with Crippen LogP contribution in [0, 0.1) is 0 Å². The van der Waals surface area contributed by atoms with E-state index in [9.17, 15) is 14.4 Å². The minimum absolute atomic E-state index is 0.0145. The molecule has 20 heavy (non-hydrogen) atoms. The Bertz CT molecular complexity index is 758. The summed E-state index contributed by atoms with van der Waals surface area (Å²) in [4.78, 5) is 35.0. The average molecular weight is 268 g/mol. The third-order valence-corrected chi connectivity index (χ3v) is 3.41. The van der Waals surface area contributed by atoms with Crippen LogP contribution in [0.5, 0.6) is 5.75 Å². The minimum atomic E-state index is -0.419. The largest absolute Gasteiger partial charge is 0.426 e. The van der Waals surface area contributed by atoms with Gasteiger partial charge in [0.15, 0.2) is 11.6 Å². The van der Waals surface area contributed by atoms with Gasteiger partial charge >= 0.3 is 5.97 Å². The molecule has 0 N–H and O–H groups in total. The van der Waals surface area contributed by atoms with Gasteiger partial charge in [-0.1, -0.05) is 12.1 Å². The Morgan fingerprint density at radius 1 is 1.05 bits per heavy atom. The third-order valence-electron chi connectivity index (χ3n) is 3.41. The Kier molecular flexibility index (Phi) is 2.86. The van der Waals surface area contributed by atoms with Gasteiger partial charge in [-0.25, -0.2) is 0 Å². The first kappa shape index (κ1) is 12.5. The number of rotatable bonds is 1. The zero-order valence-corrected chi connectivity index (χ0v) is 10.9. The van der Waals surface area contributed by atoms with Crippen molar-refractivity contribution < 1.29 is 19.1 Å². The second-order valence-corrected chi connectivity index (χ2v) is 4.82. The summed E-state index contributed by atoms with van der Waals surface area (Å²) in [5, 5.41) is 1.45. The smallest absolute Gasteiger partial charge is 0.308 e. The Balaban J connectivity index is 2.27. The molecule has 0 heterocycles. The van der Waals surface area contributed by atoms with E-state index in [4.69, 9.17) is 4.74 Å². The molecule has 0 amide bonds. The van der Waals surface area contributed by atoms with Gasteiger partial charge in [0, 0.05) is 36.3 Å². The molecule has 1 aliphatic rings. The molecular weight excluding hydrogens is 256 g/mol. The molecule has 1 aliphatic carbocycles. The van der Waals surface area contributed by atoms with Crippen molar-refractivity contribution in [1.29, 1.82) is 0 Å². The number of hydrogen-bond donors (Lipinski definition) is 0. The van der Waals surface area contributed by atoms with Gasteiger partial charge in [0.05, 0.1) is 0 Å². The monoisotopic (exact) mass is 268 g/mol. The van der Waals surface area contributed by atoms with Crippen molar-refractivity contribution >= 4 is 28.3 Å². The van der Waals surface area contributed by atoms with Crippen LogP contribution in [0.4, 0.5) is 0 Å². The highest BCUT2D eigenvalue weighted by molar-refractivity contribution is 6.16. The van der Waals surface area contributed by atoms with Crippen molar-refractivity contribution in [1.82, 2.24) is 0 Å². The fourth-order valence-electron chi connectivity index (χ4n) is 2.50. The highest BCUT2D eigenvalue weighted by atomic mass is 16.5. The molecule has 0 fully saturated rings. The van der Waals surface area contributed by atoms with E-state index >= 15 is 0 Å². The number of hydrogen-bond acceptors (Lipinski definition) is 4. The van der Waals surface area contributed by atoms with Gasteiger partial charge in [0.25, 0.3) is 0 Å². The van der Waals surface area contributed by atoms with Crippen LogP contribution in [0.25, 0.3) is 10.8 Å². The summed E-state index contributed by atoms with van der Waals surface area (Å²) in [6.07, 6.45) is 0.508. The lowest BCUT2D eigenvalue weighted by Crippen LogP contribution is -2.16. The normalized spacial score (nSPS) is 14.2. The van der Waals surface area contributed by atoms with Gasteiger partial charge in [-0.3, -0.25) is 14.4 Å². The molecule has 0 bridgehead atoms. The van der Waals surface area contributed by atoms with E-state index in [0.29, 0.717) is 22.3 Å². The molecule has 0 radical (unpaired) electrons. The molecule has 0 saturated heterocycles. The van der Waals surface area contributed by atoms with E-state index in [-0.39, 0.29) is 24.4 Å². The van der Waals surface area contributed by atoms with Crippen molar-refractivity contribution in [2.75, 3.05) is 0 Å². The molecule has 0 atom stereocenters. The Morgan fingerprint density at radius 3 is 2.35 bits per heavy atom. The number of ketones is 2.